The van der Waals surface area contributed by atoms with Gasteiger partial charge in [-0.1, -0.05) is 0 Å². The maximum atomic E-state index is 11.3. The third-order valence-electron chi connectivity index (χ3n) is 3.75. The van der Waals surface area contributed by atoms with Crippen LogP contribution in [0, 0.1) is 0 Å². The van der Waals surface area contributed by atoms with Crippen LogP contribution in [0.15, 0.2) is 0 Å². The van der Waals surface area contributed by atoms with Crippen molar-refractivity contribution >= 4 is 22.4 Å². The third kappa shape index (κ3) is 2.47. The van der Waals surface area contributed by atoms with Gasteiger partial charge in [0, 0.05) is 18.0 Å². The Morgan fingerprint density at radius 2 is 2.42 bits per heavy atom. The summed E-state index contributed by atoms with van der Waals surface area (Å²) >= 11 is 1.66. The summed E-state index contributed by atoms with van der Waals surface area (Å²) in [6.45, 7) is 4.45. The van der Waals surface area contributed by atoms with Crippen LogP contribution >= 0.6 is 11.3 Å². The van der Waals surface area contributed by atoms with E-state index >= 15 is 0 Å². The number of hydrogen-bond acceptors (Lipinski definition) is 5. The van der Waals surface area contributed by atoms with E-state index in [2.05, 4.69) is 16.8 Å². The van der Waals surface area contributed by atoms with Gasteiger partial charge >= 0.3 is 5.97 Å². The van der Waals surface area contributed by atoms with E-state index in [1.807, 2.05) is 0 Å². The molecule has 104 valence electrons. The number of anilines is 1. The van der Waals surface area contributed by atoms with Gasteiger partial charge in [-0.3, -0.25) is 4.79 Å². The molecule has 0 saturated carbocycles. The van der Waals surface area contributed by atoms with Crippen LogP contribution in [0.1, 0.15) is 36.3 Å². The van der Waals surface area contributed by atoms with Crippen LogP contribution in [0.3, 0.4) is 0 Å². The number of carboxylic acid groups (broad SMARTS) is 1. The van der Waals surface area contributed by atoms with Gasteiger partial charge in [0.2, 0.25) is 0 Å². The average Bonchev–Trinajstić information content (AvgIpc) is 2.82. The molecule has 0 aromatic carbocycles. The quantitative estimate of drug-likeness (QED) is 0.897. The maximum Gasteiger partial charge on any atom is 0.312 e. The van der Waals surface area contributed by atoms with Gasteiger partial charge < -0.3 is 14.7 Å². The highest BCUT2D eigenvalue weighted by atomic mass is 32.1. The summed E-state index contributed by atoms with van der Waals surface area (Å²) in [6.07, 6.45) is 2.84. The standard InChI is InChI=1S/C13H18N2O3S/c1-8-7-15(5-6-18-8)13-14-11-9(12(16)17)3-2-4-10(11)19-13/h8-9H,2-7H2,1H3,(H,16,17). The van der Waals surface area contributed by atoms with Crippen LogP contribution in [-0.2, 0) is 16.0 Å². The van der Waals surface area contributed by atoms with Crippen LogP contribution in [0.2, 0.25) is 0 Å². The number of aryl methyl sites for hydroxylation is 1. The zero-order valence-corrected chi connectivity index (χ0v) is 11.8. The van der Waals surface area contributed by atoms with Crippen LogP contribution in [-0.4, -0.2) is 41.9 Å². The Balaban J connectivity index is 1.86. The largest absolute Gasteiger partial charge is 0.481 e. The first-order valence-corrected chi connectivity index (χ1v) is 7.55. The molecule has 3 rings (SSSR count). The number of fused-ring (bicyclic) bond motifs is 1. The van der Waals surface area contributed by atoms with Gasteiger partial charge in [-0.05, 0) is 26.2 Å². The predicted octanol–water partition coefficient (Wildman–Crippen LogP) is 1.87. The number of carbonyl (C=O) groups is 1. The summed E-state index contributed by atoms with van der Waals surface area (Å²) in [5, 5.41) is 10.2. The highest BCUT2D eigenvalue weighted by Gasteiger charge is 2.31. The van der Waals surface area contributed by atoms with Crippen LogP contribution in [0.4, 0.5) is 5.13 Å². The van der Waals surface area contributed by atoms with E-state index in [9.17, 15) is 9.90 Å². The van der Waals surface area contributed by atoms with E-state index < -0.39 is 11.9 Å². The van der Waals surface area contributed by atoms with Crippen LogP contribution < -0.4 is 4.90 Å². The van der Waals surface area contributed by atoms with Crippen molar-refractivity contribution < 1.29 is 14.6 Å². The van der Waals surface area contributed by atoms with E-state index in [-0.39, 0.29) is 6.10 Å². The van der Waals surface area contributed by atoms with Crippen molar-refractivity contribution in [2.45, 2.75) is 38.2 Å². The van der Waals surface area contributed by atoms with Crippen molar-refractivity contribution in [2.75, 3.05) is 24.6 Å². The number of aliphatic carboxylic acids is 1. The lowest BCUT2D eigenvalue weighted by Gasteiger charge is -2.30. The molecular weight excluding hydrogens is 264 g/mol. The number of morpholine rings is 1. The fourth-order valence-electron chi connectivity index (χ4n) is 2.77. The van der Waals surface area contributed by atoms with Crippen molar-refractivity contribution in [3.05, 3.63) is 10.6 Å². The zero-order valence-electron chi connectivity index (χ0n) is 11.0. The molecule has 2 atom stereocenters. The molecule has 1 saturated heterocycles. The molecule has 2 unspecified atom stereocenters. The Labute approximate surface area is 116 Å². The first-order chi connectivity index (χ1) is 9.15. The molecule has 2 heterocycles. The lowest BCUT2D eigenvalue weighted by atomic mass is 9.91. The summed E-state index contributed by atoms with van der Waals surface area (Å²) in [5.74, 6) is -1.15. The first-order valence-electron chi connectivity index (χ1n) is 6.74. The number of hydrogen-bond donors (Lipinski definition) is 1. The minimum Gasteiger partial charge on any atom is -0.481 e. The number of ether oxygens (including phenoxy) is 1. The van der Waals surface area contributed by atoms with Crippen molar-refractivity contribution in [2.24, 2.45) is 0 Å². The Morgan fingerprint density at radius 1 is 1.58 bits per heavy atom. The monoisotopic (exact) mass is 282 g/mol. The zero-order chi connectivity index (χ0) is 13.4. The second kappa shape index (κ2) is 5.09. The summed E-state index contributed by atoms with van der Waals surface area (Å²) < 4.78 is 5.53. The average molecular weight is 282 g/mol. The van der Waals surface area contributed by atoms with E-state index in [1.165, 1.54) is 0 Å². The minimum atomic E-state index is -0.742. The fraction of sp³-hybridized carbons (Fsp3) is 0.692. The van der Waals surface area contributed by atoms with Crippen molar-refractivity contribution in [3.8, 4) is 0 Å². The van der Waals surface area contributed by atoms with Crippen molar-refractivity contribution in [1.29, 1.82) is 0 Å². The molecule has 1 aromatic rings. The molecule has 6 heteroatoms. The predicted molar refractivity (Wildman–Crippen MR) is 73.1 cm³/mol. The SMILES string of the molecule is CC1CN(c2nc3c(s2)CCCC3C(=O)O)CCO1. The lowest BCUT2D eigenvalue weighted by Crippen LogP contribution is -2.41. The van der Waals surface area contributed by atoms with Gasteiger partial charge in [-0.25, -0.2) is 4.98 Å². The second-order valence-corrected chi connectivity index (χ2v) is 6.28. The highest BCUT2D eigenvalue weighted by Crippen LogP contribution is 2.38. The van der Waals surface area contributed by atoms with Gasteiger partial charge in [0.25, 0.3) is 0 Å². The number of thiazole rings is 1. The maximum absolute atomic E-state index is 11.3. The summed E-state index contributed by atoms with van der Waals surface area (Å²) in [6, 6.07) is 0. The normalized spacial score (nSPS) is 27.1. The molecule has 0 bridgehead atoms. The number of rotatable bonds is 2. The Bertz CT molecular complexity index is 488. The summed E-state index contributed by atoms with van der Waals surface area (Å²) in [4.78, 5) is 19.3. The number of nitrogens with zero attached hydrogens (tertiary/aromatic N) is 2. The molecule has 0 amide bonds. The first kappa shape index (κ1) is 12.9. The molecular formula is C13H18N2O3S. The third-order valence-corrected chi connectivity index (χ3v) is 4.94. The van der Waals surface area contributed by atoms with Gasteiger partial charge in [-0.15, -0.1) is 11.3 Å². The van der Waals surface area contributed by atoms with Gasteiger partial charge in [0.15, 0.2) is 5.13 Å². The van der Waals surface area contributed by atoms with E-state index in [0.29, 0.717) is 13.0 Å². The van der Waals surface area contributed by atoms with Gasteiger partial charge in [-0.2, -0.15) is 0 Å². The molecule has 2 aliphatic rings. The molecule has 0 radical (unpaired) electrons. The van der Waals surface area contributed by atoms with E-state index in [0.717, 1.165) is 41.6 Å². The Hall–Kier alpha value is -1.14. The smallest absolute Gasteiger partial charge is 0.312 e. The summed E-state index contributed by atoms with van der Waals surface area (Å²) in [7, 11) is 0. The van der Waals surface area contributed by atoms with E-state index in [1.54, 1.807) is 11.3 Å². The molecule has 1 aliphatic carbocycles. The highest BCUT2D eigenvalue weighted by molar-refractivity contribution is 7.15. The molecule has 1 aliphatic heterocycles. The molecule has 5 nitrogen and oxygen atoms in total. The molecule has 0 spiro atoms. The molecule has 1 N–H and O–H groups in total. The topological polar surface area (TPSA) is 62.7 Å². The van der Waals surface area contributed by atoms with Crippen molar-refractivity contribution in [1.82, 2.24) is 4.98 Å². The minimum absolute atomic E-state index is 0.213. The molecule has 19 heavy (non-hydrogen) atoms. The van der Waals surface area contributed by atoms with Crippen molar-refractivity contribution in [3.63, 3.8) is 0 Å². The molecule has 1 aromatic heterocycles. The second-order valence-electron chi connectivity index (χ2n) is 5.22. The van der Waals surface area contributed by atoms with Gasteiger partial charge in [0.05, 0.1) is 18.4 Å². The lowest BCUT2D eigenvalue weighted by molar-refractivity contribution is -0.139. The van der Waals surface area contributed by atoms with Crippen LogP contribution in [0.25, 0.3) is 0 Å². The number of carboxylic acids is 1. The Kier molecular flexibility index (Phi) is 3.45. The van der Waals surface area contributed by atoms with E-state index in [4.69, 9.17) is 4.74 Å². The number of aromatic nitrogens is 1. The Morgan fingerprint density at radius 3 is 3.16 bits per heavy atom. The summed E-state index contributed by atoms with van der Waals surface area (Å²) in [5.41, 5.74) is 0.804. The van der Waals surface area contributed by atoms with Crippen LogP contribution in [0.5, 0.6) is 0 Å². The molecule has 1 fully saturated rings. The van der Waals surface area contributed by atoms with Gasteiger partial charge in [0.1, 0.15) is 5.92 Å². The fourth-order valence-corrected chi connectivity index (χ4v) is 3.97.